The molecule has 0 saturated carbocycles. The van der Waals surface area contributed by atoms with Crippen molar-refractivity contribution in [3.8, 4) is 0 Å². The van der Waals surface area contributed by atoms with Crippen molar-refractivity contribution in [2.75, 3.05) is 11.9 Å². The number of amides is 2. The van der Waals surface area contributed by atoms with Crippen LogP contribution >= 0.6 is 0 Å². The summed E-state index contributed by atoms with van der Waals surface area (Å²) in [6.45, 7) is 2.01. The van der Waals surface area contributed by atoms with Gasteiger partial charge in [0.15, 0.2) is 0 Å². The molecule has 1 aromatic rings. The lowest BCUT2D eigenvalue weighted by molar-refractivity contribution is -0.134. The summed E-state index contributed by atoms with van der Waals surface area (Å²) in [7, 11) is 0. The molecule has 2 amide bonds. The Kier molecular flexibility index (Phi) is 3.09. The Bertz CT molecular complexity index is 494. The fourth-order valence-electron chi connectivity index (χ4n) is 1.46. The predicted molar refractivity (Wildman–Crippen MR) is 62.4 cm³/mol. The summed E-state index contributed by atoms with van der Waals surface area (Å²) in [5.74, 6) is -0.434. The van der Waals surface area contributed by atoms with Gasteiger partial charge in [-0.1, -0.05) is 18.2 Å². The van der Waals surface area contributed by atoms with Crippen molar-refractivity contribution in [2.24, 2.45) is 0 Å². The van der Waals surface area contributed by atoms with E-state index in [0.29, 0.717) is 5.70 Å². The molecular formula is C12H12N2O3. The Balaban J connectivity index is 1.96. The van der Waals surface area contributed by atoms with Crippen molar-refractivity contribution in [1.29, 1.82) is 0 Å². The highest BCUT2D eigenvalue weighted by Gasteiger charge is 2.15. The number of ether oxygens (including phenoxy) is 1. The van der Waals surface area contributed by atoms with E-state index >= 15 is 0 Å². The minimum atomic E-state index is -0.434. The highest BCUT2D eigenvalue weighted by atomic mass is 16.5. The number of carbonyl (C=O) groups is 2. The van der Waals surface area contributed by atoms with Crippen LogP contribution in [0.2, 0.25) is 0 Å². The maximum atomic E-state index is 11.6. The zero-order valence-corrected chi connectivity index (χ0v) is 9.32. The highest BCUT2D eigenvalue weighted by molar-refractivity contribution is 5.93. The van der Waals surface area contributed by atoms with Gasteiger partial charge in [-0.05, 0) is 18.6 Å². The van der Waals surface area contributed by atoms with Crippen LogP contribution in [0.4, 0.5) is 10.5 Å². The molecule has 2 N–H and O–H groups in total. The summed E-state index contributed by atoms with van der Waals surface area (Å²) in [5, 5.41) is 5.24. The van der Waals surface area contributed by atoms with Crippen molar-refractivity contribution < 1.29 is 14.3 Å². The molecule has 1 aromatic carbocycles. The van der Waals surface area contributed by atoms with Gasteiger partial charge in [0.25, 0.3) is 0 Å². The second kappa shape index (κ2) is 4.69. The molecule has 0 atom stereocenters. The first-order valence-corrected chi connectivity index (χ1v) is 5.16. The summed E-state index contributed by atoms with van der Waals surface area (Å²) in [5.41, 5.74) is 2.16. The first kappa shape index (κ1) is 11.2. The van der Waals surface area contributed by atoms with Crippen molar-refractivity contribution in [3.05, 3.63) is 41.6 Å². The Morgan fingerprint density at radius 3 is 2.71 bits per heavy atom. The van der Waals surface area contributed by atoms with Crippen LogP contribution in [0.1, 0.15) is 5.56 Å². The average Bonchev–Trinajstić information content (AvgIpc) is 2.67. The molecule has 0 spiro atoms. The molecule has 0 bridgehead atoms. The fourth-order valence-corrected chi connectivity index (χ4v) is 1.46. The van der Waals surface area contributed by atoms with E-state index in [4.69, 9.17) is 0 Å². The van der Waals surface area contributed by atoms with E-state index in [2.05, 4.69) is 15.4 Å². The normalized spacial score (nSPS) is 13.9. The van der Waals surface area contributed by atoms with Crippen LogP contribution in [0, 0.1) is 6.92 Å². The molecule has 0 unspecified atom stereocenters. The molecule has 5 nitrogen and oxygen atoms in total. The number of rotatable bonds is 2. The number of hydrogen-bond acceptors (Lipinski definition) is 3. The van der Waals surface area contributed by atoms with Gasteiger partial charge in [-0.3, -0.25) is 0 Å². The number of hydrogen-bond donors (Lipinski definition) is 2. The number of anilines is 1. The van der Waals surface area contributed by atoms with E-state index in [9.17, 15) is 9.59 Å². The zero-order chi connectivity index (χ0) is 12.3. The van der Waals surface area contributed by atoms with Crippen LogP contribution in [0.3, 0.4) is 0 Å². The number of carbonyl (C=O) groups excluding carboxylic acids is 2. The number of urea groups is 1. The van der Waals surface area contributed by atoms with Gasteiger partial charge in [-0.2, -0.15) is 0 Å². The van der Waals surface area contributed by atoms with E-state index in [1.54, 1.807) is 6.07 Å². The van der Waals surface area contributed by atoms with E-state index in [-0.39, 0.29) is 12.6 Å². The lowest BCUT2D eigenvalue weighted by atomic mass is 10.2. The van der Waals surface area contributed by atoms with Crippen LogP contribution in [-0.4, -0.2) is 18.6 Å². The standard InChI is InChI=1S/C12H12N2O3/c1-8-4-2-3-5-10(8)14-12(16)13-9-6-11(15)17-7-9/h2-6H,7H2,1H3,(H2,13,14,16). The number of benzene rings is 1. The maximum absolute atomic E-state index is 11.6. The number of aryl methyl sites for hydroxylation is 1. The number of nitrogens with one attached hydrogen (secondary N) is 2. The molecule has 0 fully saturated rings. The largest absolute Gasteiger partial charge is 0.456 e. The fraction of sp³-hybridized carbons (Fsp3) is 0.167. The molecule has 0 radical (unpaired) electrons. The van der Waals surface area contributed by atoms with Crippen LogP contribution < -0.4 is 10.6 Å². The molecule has 2 rings (SSSR count). The van der Waals surface area contributed by atoms with Crippen molar-refractivity contribution in [1.82, 2.24) is 5.32 Å². The molecule has 1 aliphatic heterocycles. The summed E-state index contributed by atoms with van der Waals surface area (Å²) < 4.78 is 4.67. The van der Waals surface area contributed by atoms with Crippen LogP contribution in [0.25, 0.3) is 0 Å². The van der Waals surface area contributed by atoms with Gasteiger partial charge in [0, 0.05) is 11.8 Å². The molecule has 17 heavy (non-hydrogen) atoms. The van der Waals surface area contributed by atoms with Gasteiger partial charge >= 0.3 is 12.0 Å². The third-order valence-corrected chi connectivity index (χ3v) is 2.33. The van der Waals surface area contributed by atoms with Crippen molar-refractivity contribution in [2.45, 2.75) is 6.92 Å². The monoisotopic (exact) mass is 232 g/mol. The highest BCUT2D eigenvalue weighted by Crippen LogP contribution is 2.13. The number of cyclic esters (lactones) is 1. The van der Waals surface area contributed by atoms with Gasteiger partial charge in [-0.15, -0.1) is 0 Å². The minimum absolute atomic E-state index is 0.111. The van der Waals surface area contributed by atoms with Crippen molar-refractivity contribution >= 4 is 17.7 Å². The summed E-state index contributed by atoms with van der Waals surface area (Å²) in [6, 6.07) is 7.05. The Morgan fingerprint density at radius 1 is 1.29 bits per heavy atom. The van der Waals surface area contributed by atoms with E-state index in [1.807, 2.05) is 25.1 Å². The Hall–Kier alpha value is -2.30. The average molecular weight is 232 g/mol. The third-order valence-electron chi connectivity index (χ3n) is 2.33. The van der Waals surface area contributed by atoms with Gasteiger partial charge in [0.05, 0.1) is 5.70 Å². The summed E-state index contributed by atoms with van der Waals surface area (Å²) in [6.07, 6.45) is 1.26. The molecule has 0 aliphatic carbocycles. The molecule has 0 saturated heterocycles. The molecular weight excluding hydrogens is 220 g/mol. The molecule has 0 aromatic heterocycles. The van der Waals surface area contributed by atoms with Gasteiger partial charge in [0.2, 0.25) is 0 Å². The van der Waals surface area contributed by atoms with E-state index < -0.39 is 5.97 Å². The molecule has 1 aliphatic rings. The number of esters is 1. The molecule has 88 valence electrons. The second-order valence-electron chi connectivity index (χ2n) is 3.67. The van der Waals surface area contributed by atoms with Crippen LogP contribution in [-0.2, 0) is 9.53 Å². The maximum Gasteiger partial charge on any atom is 0.333 e. The SMILES string of the molecule is Cc1ccccc1NC(=O)NC1=CC(=O)OC1. The molecule has 5 heteroatoms. The van der Waals surface area contributed by atoms with E-state index in [0.717, 1.165) is 11.3 Å². The van der Waals surface area contributed by atoms with Gasteiger partial charge in [-0.25, -0.2) is 9.59 Å². The predicted octanol–water partition coefficient (Wildman–Crippen LogP) is 1.56. The number of para-hydroxylation sites is 1. The second-order valence-corrected chi connectivity index (χ2v) is 3.67. The smallest absolute Gasteiger partial charge is 0.333 e. The lowest BCUT2D eigenvalue weighted by Gasteiger charge is -2.09. The Labute approximate surface area is 98.5 Å². The van der Waals surface area contributed by atoms with Crippen LogP contribution in [0.15, 0.2) is 36.0 Å². The van der Waals surface area contributed by atoms with Crippen LogP contribution in [0.5, 0.6) is 0 Å². The summed E-state index contributed by atoms with van der Waals surface area (Å²) in [4.78, 5) is 22.4. The summed E-state index contributed by atoms with van der Waals surface area (Å²) >= 11 is 0. The van der Waals surface area contributed by atoms with Gasteiger partial charge in [0.1, 0.15) is 6.61 Å². The van der Waals surface area contributed by atoms with E-state index in [1.165, 1.54) is 6.08 Å². The van der Waals surface area contributed by atoms with Gasteiger partial charge < -0.3 is 15.4 Å². The third kappa shape index (κ3) is 2.84. The topological polar surface area (TPSA) is 67.4 Å². The Morgan fingerprint density at radius 2 is 2.06 bits per heavy atom. The molecule has 1 heterocycles. The quantitative estimate of drug-likeness (QED) is 0.760. The first-order valence-electron chi connectivity index (χ1n) is 5.16. The zero-order valence-electron chi connectivity index (χ0n) is 9.32. The first-order chi connectivity index (χ1) is 8.15. The lowest BCUT2D eigenvalue weighted by Crippen LogP contribution is -2.28. The minimum Gasteiger partial charge on any atom is -0.456 e. The van der Waals surface area contributed by atoms with Crippen molar-refractivity contribution in [3.63, 3.8) is 0 Å².